The Labute approximate surface area is 130 Å². The summed E-state index contributed by atoms with van der Waals surface area (Å²) in [4.78, 5) is 23.1. The van der Waals surface area contributed by atoms with E-state index in [4.69, 9.17) is 0 Å². The summed E-state index contributed by atoms with van der Waals surface area (Å²) in [7, 11) is 0. The van der Waals surface area contributed by atoms with Crippen LogP contribution in [-0.4, -0.2) is 11.8 Å². The van der Waals surface area contributed by atoms with E-state index < -0.39 is 0 Å². The molecule has 0 fully saturated rings. The molecule has 2 N–H and O–H groups in total. The van der Waals surface area contributed by atoms with Crippen molar-refractivity contribution in [3.8, 4) is 0 Å². The number of carbonyl (C=O) groups is 2. The summed E-state index contributed by atoms with van der Waals surface area (Å²) in [6.07, 6.45) is 0. The van der Waals surface area contributed by atoms with E-state index in [-0.39, 0.29) is 11.8 Å². The third-order valence-electron chi connectivity index (χ3n) is 2.55. The Morgan fingerprint density at radius 2 is 1.55 bits per heavy atom. The third-order valence-corrected chi connectivity index (χ3v) is 3.27. The van der Waals surface area contributed by atoms with Crippen molar-refractivity contribution in [1.29, 1.82) is 0 Å². The van der Waals surface area contributed by atoms with Gasteiger partial charge < -0.3 is 10.6 Å². The molecule has 0 unspecified atom stereocenters. The van der Waals surface area contributed by atoms with Crippen LogP contribution in [0.4, 0.5) is 11.4 Å². The molecule has 2 aromatic carbocycles. The zero-order valence-electron chi connectivity index (χ0n) is 10.8. The van der Waals surface area contributed by atoms with E-state index >= 15 is 0 Å². The first-order chi connectivity index (χ1) is 9.54. The van der Waals surface area contributed by atoms with Gasteiger partial charge in [0.15, 0.2) is 0 Å². The van der Waals surface area contributed by atoms with Crippen molar-refractivity contribution in [1.82, 2.24) is 0 Å². The fourth-order valence-electron chi connectivity index (χ4n) is 1.68. The second-order valence-electron chi connectivity index (χ2n) is 4.22. The van der Waals surface area contributed by atoms with Gasteiger partial charge in [0.25, 0.3) is 5.91 Å². The first-order valence-corrected chi connectivity index (χ1v) is 7.07. The molecule has 0 saturated heterocycles. The monoisotopic (exact) mass is 380 g/mol. The number of benzene rings is 2. The zero-order chi connectivity index (χ0) is 14.5. The maximum atomic E-state index is 12.1. The van der Waals surface area contributed by atoms with Crippen LogP contribution in [0.25, 0.3) is 0 Å². The molecular formula is C15H13IN2O2. The average Bonchev–Trinajstić information content (AvgIpc) is 2.39. The molecule has 0 aromatic heterocycles. The van der Waals surface area contributed by atoms with Crippen LogP contribution >= 0.6 is 22.6 Å². The summed E-state index contributed by atoms with van der Waals surface area (Å²) in [5, 5.41) is 5.47. The summed E-state index contributed by atoms with van der Waals surface area (Å²) in [5.41, 5.74) is 1.88. The van der Waals surface area contributed by atoms with Gasteiger partial charge in [0.1, 0.15) is 0 Å². The molecule has 2 rings (SSSR count). The molecule has 0 aliphatic carbocycles. The van der Waals surface area contributed by atoms with Gasteiger partial charge in [0, 0.05) is 27.4 Å². The lowest BCUT2D eigenvalue weighted by Crippen LogP contribution is -2.12. The van der Waals surface area contributed by atoms with E-state index in [1.54, 1.807) is 36.4 Å². The highest BCUT2D eigenvalue weighted by atomic mass is 127. The number of hydrogen-bond donors (Lipinski definition) is 2. The summed E-state index contributed by atoms with van der Waals surface area (Å²) < 4.78 is 1.08. The lowest BCUT2D eigenvalue weighted by atomic mass is 10.2. The minimum Gasteiger partial charge on any atom is -0.326 e. The predicted octanol–water partition coefficient (Wildman–Crippen LogP) is 3.50. The van der Waals surface area contributed by atoms with Crippen molar-refractivity contribution in [2.45, 2.75) is 6.92 Å². The van der Waals surface area contributed by atoms with Gasteiger partial charge in [-0.2, -0.15) is 0 Å². The molecule has 0 saturated carbocycles. The van der Waals surface area contributed by atoms with Gasteiger partial charge in [-0.15, -0.1) is 0 Å². The molecule has 0 heterocycles. The van der Waals surface area contributed by atoms with E-state index in [1.807, 2.05) is 12.1 Å². The fourth-order valence-corrected chi connectivity index (χ4v) is 2.04. The fraction of sp³-hybridized carbons (Fsp3) is 0.0667. The lowest BCUT2D eigenvalue weighted by Gasteiger charge is -2.08. The highest BCUT2D eigenvalue weighted by Crippen LogP contribution is 2.16. The SMILES string of the molecule is CC(=O)Nc1cccc(NC(=O)c2ccc(I)cc2)c1. The quantitative estimate of drug-likeness (QED) is 0.801. The Morgan fingerprint density at radius 3 is 2.15 bits per heavy atom. The molecule has 2 amide bonds. The smallest absolute Gasteiger partial charge is 0.255 e. The minimum atomic E-state index is -0.179. The normalized spacial score (nSPS) is 9.90. The van der Waals surface area contributed by atoms with Crippen LogP contribution < -0.4 is 10.6 Å². The largest absolute Gasteiger partial charge is 0.326 e. The van der Waals surface area contributed by atoms with Gasteiger partial charge >= 0.3 is 0 Å². The van der Waals surface area contributed by atoms with Gasteiger partial charge in [0.2, 0.25) is 5.91 Å². The first kappa shape index (κ1) is 14.5. The van der Waals surface area contributed by atoms with Crippen LogP contribution in [0.3, 0.4) is 0 Å². The molecular weight excluding hydrogens is 367 g/mol. The number of amides is 2. The Hall–Kier alpha value is -1.89. The number of nitrogens with one attached hydrogen (secondary N) is 2. The number of rotatable bonds is 3. The topological polar surface area (TPSA) is 58.2 Å². The summed E-state index contributed by atoms with van der Waals surface area (Å²) in [6.45, 7) is 1.44. The number of carbonyl (C=O) groups excluding carboxylic acids is 2. The summed E-state index contributed by atoms with van der Waals surface area (Å²) >= 11 is 2.19. The summed E-state index contributed by atoms with van der Waals surface area (Å²) in [5.74, 6) is -0.326. The van der Waals surface area contributed by atoms with Crippen molar-refractivity contribution in [2.75, 3.05) is 10.6 Å². The van der Waals surface area contributed by atoms with Crippen LogP contribution in [-0.2, 0) is 4.79 Å². The van der Waals surface area contributed by atoms with Crippen molar-refractivity contribution in [3.63, 3.8) is 0 Å². The molecule has 102 valence electrons. The molecule has 0 aliphatic rings. The second-order valence-corrected chi connectivity index (χ2v) is 5.47. The average molecular weight is 380 g/mol. The maximum Gasteiger partial charge on any atom is 0.255 e. The van der Waals surface area contributed by atoms with Gasteiger partial charge in [-0.05, 0) is 65.1 Å². The Morgan fingerprint density at radius 1 is 0.950 bits per heavy atom. The predicted molar refractivity (Wildman–Crippen MR) is 87.9 cm³/mol. The highest BCUT2D eigenvalue weighted by Gasteiger charge is 2.06. The van der Waals surface area contributed by atoms with Crippen LogP contribution in [0.1, 0.15) is 17.3 Å². The highest BCUT2D eigenvalue weighted by molar-refractivity contribution is 14.1. The van der Waals surface area contributed by atoms with Gasteiger partial charge in [-0.25, -0.2) is 0 Å². The van der Waals surface area contributed by atoms with Crippen LogP contribution in [0, 0.1) is 3.57 Å². The van der Waals surface area contributed by atoms with Gasteiger partial charge in [-0.3, -0.25) is 9.59 Å². The van der Waals surface area contributed by atoms with Crippen LogP contribution in [0.15, 0.2) is 48.5 Å². The zero-order valence-corrected chi connectivity index (χ0v) is 13.0. The molecule has 0 atom stereocenters. The minimum absolute atomic E-state index is 0.147. The Bertz CT molecular complexity index is 639. The summed E-state index contributed by atoms with van der Waals surface area (Å²) in [6, 6.07) is 14.3. The van der Waals surface area contributed by atoms with Crippen molar-refractivity contribution >= 4 is 45.8 Å². The molecule has 0 bridgehead atoms. The van der Waals surface area contributed by atoms with Crippen molar-refractivity contribution in [2.24, 2.45) is 0 Å². The standard InChI is InChI=1S/C15H13IN2O2/c1-10(19)17-13-3-2-4-14(9-13)18-15(20)11-5-7-12(16)8-6-11/h2-9H,1H3,(H,17,19)(H,18,20). The Kier molecular flexibility index (Phi) is 4.73. The molecule has 0 spiro atoms. The van der Waals surface area contributed by atoms with E-state index in [1.165, 1.54) is 6.92 Å². The third kappa shape index (κ3) is 4.06. The second kappa shape index (κ2) is 6.51. The number of hydrogen-bond acceptors (Lipinski definition) is 2. The Balaban J connectivity index is 2.11. The van der Waals surface area contributed by atoms with Gasteiger partial charge in [-0.1, -0.05) is 6.07 Å². The van der Waals surface area contributed by atoms with Gasteiger partial charge in [0.05, 0.1) is 0 Å². The number of anilines is 2. The molecule has 5 heteroatoms. The first-order valence-electron chi connectivity index (χ1n) is 5.99. The van der Waals surface area contributed by atoms with E-state index in [2.05, 4.69) is 33.2 Å². The van der Waals surface area contributed by atoms with E-state index in [0.717, 1.165) is 3.57 Å². The molecule has 0 radical (unpaired) electrons. The van der Waals surface area contributed by atoms with Crippen LogP contribution in [0.5, 0.6) is 0 Å². The molecule has 0 aliphatic heterocycles. The molecule has 2 aromatic rings. The van der Waals surface area contributed by atoms with Crippen LogP contribution in [0.2, 0.25) is 0 Å². The molecule has 20 heavy (non-hydrogen) atoms. The molecule has 4 nitrogen and oxygen atoms in total. The van der Waals surface area contributed by atoms with E-state index in [0.29, 0.717) is 16.9 Å². The van der Waals surface area contributed by atoms with Crippen molar-refractivity contribution < 1.29 is 9.59 Å². The van der Waals surface area contributed by atoms with E-state index in [9.17, 15) is 9.59 Å². The van der Waals surface area contributed by atoms with Crippen molar-refractivity contribution in [3.05, 3.63) is 57.7 Å². The lowest BCUT2D eigenvalue weighted by molar-refractivity contribution is -0.114. The maximum absolute atomic E-state index is 12.1. The number of halogens is 1.